The van der Waals surface area contributed by atoms with Crippen molar-refractivity contribution in [2.24, 2.45) is 5.73 Å². The lowest BCUT2D eigenvalue weighted by Gasteiger charge is -1.89. The number of carbonyl (C=O) groups is 1. The molecule has 0 aromatic carbocycles. The summed E-state index contributed by atoms with van der Waals surface area (Å²) in [5.41, 5.74) is 4.82. The molecule has 0 saturated heterocycles. The normalized spacial score (nSPS) is 11.0. The Labute approximate surface area is 67.0 Å². The summed E-state index contributed by atoms with van der Waals surface area (Å²) in [5.74, 6) is 0. The summed E-state index contributed by atoms with van der Waals surface area (Å²) < 4.78 is 0. The first-order chi connectivity index (χ1) is 5.27. The summed E-state index contributed by atoms with van der Waals surface area (Å²) >= 11 is 0. The standard InChI is InChI=1S/C8H14N2O/c1-2-3-4-5-6-7-10-8(9)11/h2-3,6-7H,4-5H2,1H3,(H3,9,10,11). The summed E-state index contributed by atoms with van der Waals surface area (Å²) in [4.78, 5) is 10.1. The van der Waals surface area contributed by atoms with Gasteiger partial charge < -0.3 is 11.1 Å². The van der Waals surface area contributed by atoms with Gasteiger partial charge in [-0.2, -0.15) is 0 Å². The molecule has 0 bridgehead atoms. The molecule has 0 spiro atoms. The van der Waals surface area contributed by atoms with Gasteiger partial charge in [0, 0.05) is 6.20 Å². The monoisotopic (exact) mass is 154 g/mol. The van der Waals surface area contributed by atoms with E-state index in [4.69, 9.17) is 5.73 Å². The largest absolute Gasteiger partial charge is 0.351 e. The SMILES string of the molecule is CC=CCCC=CNC(N)=O. The van der Waals surface area contributed by atoms with Crippen LogP contribution in [0.4, 0.5) is 4.79 Å². The second kappa shape index (κ2) is 6.86. The van der Waals surface area contributed by atoms with Gasteiger partial charge in [-0.25, -0.2) is 4.79 Å². The van der Waals surface area contributed by atoms with Crippen molar-refractivity contribution in [3.63, 3.8) is 0 Å². The molecule has 0 saturated carbocycles. The molecule has 0 aromatic rings. The Morgan fingerprint density at radius 3 is 2.64 bits per heavy atom. The van der Waals surface area contributed by atoms with Gasteiger partial charge in [0.2, 0.25) is 0 Å². The molecule has 3 N–H and O–H groups in total. The van der Waals surface area contributed by atoms with Crippen LogP contribution in [0.25, 0.3) is 0 Å². The maximum atomic E-state index is 10.1. The van der Waals surface area contributed by atoms with Crippen LogP contribution in [0, 0.1) is 0 Å². The number of rotatable bonds is 4. The number of carbonyl (C=O) groups excluding carboxylic acids is 1. The third-order valence-corrected chi connectivity index (χ3v) is 1.08. The zero-order valence-electron chi connectivity index (χ0n) is 6.71. The molecule has 3 heteroatoms. The van der Waals surface area contributed by atoms with Crippen molar-refractivity contribution in [1.82, 2.24) is 5.32 Å². The van der Waals surface area contributed by atoms with Gasteiger partial charge in [0.25, 0.3) is 0 Å². The Kier molecular flexibility index (Phi) is 6.08. The van der Waals surface area contributed by atoms with Crippen molar-refractivity contribution in [1.29, 1.82) is 0 Å². The molecular formula is C8H14N2O. The van der Waals surface area contributed by atoms with E-state index in [-0.39, 0.29) is 0 Å². The zero-order valence-corrected chi connectivity index (χ0v) is 6.71. The van der Waals surface area contributed by atoms with E-state index in [1.807, 2.05) is 19.1 Å². The van der Waals surface area contributed by atoms with Gasteiger partial charge in [-0.1, -0.05) is 18.2 Å². The second-order valence-electron chi connectivity index (χ2n) is 2.06. The van der Waals surface area contributed by atoms with Crippen molar-refractivity contribution in [3.05, 3.63) is 24.4 Å². The maximum Gasteiger partial charge on any atom is 0.316 e. The highest BCUT2D eigenvalue weighted by Gasteiger charge is 1.81. The van der Waals surface area contributed by atoms with Crippen molar-refractivity contribution < 1.29 is 4.79 Å². The van der Waals surface area contributed by atoms with E-state index in [1.165, 1.54) is 0 Å². The zero-order chi connectivity index (χ0) is 8.53. The number of nitrogens with one attached hydrogen (secondary N) is 1. The van der Waals surface area contributed by atoms with Crippen LogP contribution in [0.2, 0.25) is 0 Å². The molecule has 3 nitrogen and oxygen atoms in total. The Hall–Kier alpha value is -1.25. The molecule has 0 atom stereocenters. The van der Waals surface area contributed by atoms with Crippen LogP contribution in [0.5, 0.6) is 0 Å². The van der Waals surface area contributed by atoms with E-state index in [2.05, 4.69) is 11.4 Å². The van der Waals surface area contributed by atoms with E-state index >= 15 is 0 Å². The Morgan fingerprint density at radius 2 is 2.09 bits per heavy atom. The lowest BCUT2D eigenvalue weighted by Crippen LogP contribution is -2.23. The minimum absolute atomic E-state index is 0.521. The highest BCUT2D eigenvalue weighted by molar-refractivity contribution is 5.72. The molecule has 11 heavy (non-hydrogen) atoms. The van der Waals surface area contributed by atoms with Crippen LogP contribution in [-0.2, 0) is 0 Å². The van der Waals surface area contributed by atoms with E-state index in [0.717, 1.165) is 12.8 Å². The third-order valence-electron chi connectivity index (χ3n) is 1.08. The number of unbranched alkanes of at least 4 members (excludes halogenated alkanes) is 1. The van der Waals surface area contributed by atoms with Crippen LogP contribution >= 0.6 is 0 Å². The summed E-state index contributed by atoms with van der Waals surface area (Å²) in [6, 6.07) is -0.521. The van der Waals surface area contributed by atoms with Gasteiger partial charge in [0.1, 0.15) is 0 Å². The van der Waals surface area contributed by atoms with Gasteiger partial charge in [0.05, 0.1) is 0 Å². The first-order valence-corrected chi connectivity index (χ1v) is 3.59. The van der Waals surface area contributed by atoms with Crippen LogP contribution in [0.15, 0.2) is 24.4 Å². The number of hydrogen-bond acceptors (Lipinski definition) is 1. The summed E-state index contributed by atoms with van der Waals surface area (Å²) in [7, 11) is 0. The Balaban J connectivity index is 3.23. The number of allylic oxidation sites excluding steroid dienone is 3. The average Bonchev–Trinajstić information content (AvgIpc) is 1.96. The molecule has 0 rings (SSSR count). The molecule has 0 heterocycles. The smallest absolute Gasteiger partial charge is 0.316 e. The molecule has 0 aliphatic heterocycles. The number of hydrogen-bond donors (Lipinski definition) is 2. The van der Waals surface area contributed by atoms with Gasteiger partial charge in [0.15, 0.2) is 0 Å². The molecule has 0 aromatic heterocycles. The van der Waals surface area contributed by atoms with Gasteiger partial charge >= 0.3 is 6.03 Å². The van der Waals surface area contributed by atoms with E-state index in [9.17, 15) is 4.79 Å². The molecule has 0 aliphatic rings. The third kappa shape index (κ3) is 8.75. The fourth-order valence-corrected chi connectivity index (χ4v) is 0.584. The van der Waals surface area contributed by atoms with Gasteiger partial charge in [-0.15, -0.1) is 0 Å². The fraction of sp³-hybridized carbons (Fsp3) is 0.375. The van der Waals surface area contributed by atoms with Crippen LogP contribution in [0.1, 0.15) is 19.8 Å². The molecule has 0 aliphatic carbocycles. The van der Waals surface area contributed by atoms with E-state index in [1.54, 1.807) is 6.20 Å². The van der Waals surface area contributed by atoms with Crippen LogP contribution in [-0.4, -0.2) is 6.03 Å². The summed E-state index contributed by atoms with van der Waals surface area (Å²) in [5, 5.41) is 2.36. The van der Waals surface area contributed by atoms with Crippen molar-refractivity contribution in [2.45, 2.75) is 19.8 Å². The highest BCUT2D eigenvalue weighted by Crippen LogP contribution is 1.90. The summed E-state index contributed by atoms with van der Waals surface area (Å²) in [6.07, 6.45) is 9.40. The molecule has 0 unspecified atom stereocenters. The Bertz CT molecular complexity index is 161. The number of amides is 2. The first kappa shape index (κ1) is 9.75. The summed E-state index contributed by atoms with van der Waals surface area (Å²) in [6.45, 7) is 1.98. The maximum absolute atomic E-state index is 10.1. The molecular weight excluding hydrogens is 140 g/mol. The van der Waals surface area contributed by atoms with Crippen LogP contribution in [0.3, 0.4) is 0 Å². The molecule has 2 amide bonds. The molecule has 62 valence electrons. The van der Waals surface area contributed by atoms with Crippen LogP contribution < -0.4 is 11.1 Å². The molecule has 0 radical (unpaired) electrons. The number of nitrogens with two attached hydrogens (primary N) is 1. The minimum atomic E-state index is -0.521. The van der Waals surface area contributed by atoms with E-state index < -0.39 is 6.03 Å². The predicted molar refractivity (Wildman–Crippen MR) is 45.9 cm³/mol. The fourth-order valence-electron chi connectivity index (χ4n) is 0.584. The van der Waals surface area contributed by atoms with E-state index in [0.29, 0.717) is 0 Å². The number of urea groups is 1. The van der Waals surface area contributed by atoms with Gasteiger partial charge in [-0.05, 0) is 19.8 Å². The second-order valence-corrected chi connectivity index (χ2v) is 2.06. The van der Waals surface area contributed by atoms with Crippen molar-refractivity contribution >= 4 is 6.03 Å². The quantitative estimate of drug-likeness (QED) is 0.468. The van der Waals surface area contributed by atoms with Crippen molar-refractivity contribution in [3.8, 4) is 0 Å². The number of primary amides is 1. The predicted octanol–water partition coefficient (Wildman–Crippen LogP) is 1.52. The van der Waals surface area contributed by atoms with Crippen molar-refractivity contribution in [2.75, 3.05) is 0 Å². The lowest BCUT2D eigenvalue weighted by atomic mass is 10.3. The highest BCUT2D eigenvalue weighted by atomic mass is 16.2. The average molecular weight is 154 g/mol. The molecule has 0 fully saturated rings. The minimum Gasteiger partial charge on any atom is -0.351 e. The lowest BCUT2D eigenvalue weighted by molar-refractivity contribution is 0.252. The van der Waals surface area contributed by atoms with Gasteiger partial charge in [-0.3, -0.25) is 0 Å². The topological polar surface area (TPSA) is 55.1 Å². The Morgan fingerprint density at radius 1 is 1.45 bits per heavy atom. The first-order valence-electron chi connectivity index (χ1n) is 3.59.